The van der Waals surface area contributed by atoms with Crippen molar-refractivity contribution in [2.75, 3.05) is 12.4 Å². The molecule has 2 nitrogen and oxygen atoms in total. The molecule has 0 heterocycles. The van der Waals surface area contributed by atoms with Gasteiger partial charge >= 0.3 is 0 Å². The number of benzene rings is 2. The normalized spacial score (nSPS) is 10.3. The van der Waals surface area contributed by atoms with E-state index in [1.807, 2.05) is 24.3 Å². The highest BCUT2D eigenvalue weighted by Gasteiger charge is 2.03. The summed E-state index contributed by atoms with van der Waals surface area (Å²) in [4.78, 5) is 0. The van der Waals surface area contributed by atoms with Crippen LogP contribution >= 0.6 is 11.6 Å². The molecule has 0 aliphatic rings. The maximum absolute atomic E-state index is 6.12. The van der Waals surface area contributed by atoms with Gasteiger partial charge in [0, 0.05) is 12.2 Å². The Hall–Kier alpha value is -1.67. The van der Waals surface area contributed by atoms with Crippen molar-refractivity contribution < 1.29 is 4.74 Å². The molecule has 0 aliphatic carbocycles. The molecule has 0 spiro atoms. The zero-order chi connectivity index (χ0) is 13.7. The van der Waals surface area contributed by atoms with E-state index in [1.54, 1.807) is 7.11 Å². The van der Waals surface area contributed by atoms with Crippen molar-refractivity contribution in [1.29, 1.82) is 0 Å². The van der Waals surface area contributed by atoms with Crippen LogP contribution in [0.2, 0.25) is 5.02 Å². The summed E-state index contributed by atoms with van der Waals surface area (Å²) < 4.78 is 5.15. The fourth-order valence-corrected chi connectivity index (χ4v) is 2.30. The average molecular weight is 276 g/mol. The summed E-state index contributed by atoms with van der Waals surface area (Å²) in [5.74, 6) is 0.708. The molecule has 0 radical (unpaired) electrons. The summed E-state index contributed by atoms with van der Waals surface area (Å²) in [5, 5.41) is 4.09. The molecule has 0 aromatic heterocycles. The van der Waals surface area contributed by atoms with E-state index in [0.717, 1.165) is 18.5 Å². The van der Waals surface area contributed by atoms with Gasteiger partial charge in [-0.05, 0) is 35.7 Å². The smallest absolute Gasteiger partial charge is 0.137 e. The number of hydrogen-bond donors (Lipinski definition) is 1. The highest BCUT2D eigenvalue weighted by Crippen LogP contribution is 2.25. The second-order valence-corrected chi connectivity index (χ2v) is 4.74. The first-order valence-corrected chi connectivity index (χ1v) is 6.76. The minimum atomic E-state index is 0.644. The monoisotopic (exact) mass is 275 g/mol. The number of para-hydroxylation sites is 1. The second kappa shape index (κ2) is 6.48. The first-order valence-electron chi connectivity index (χ1n) is 6.38. The van der Waals surface area contributed by atoms with Crippen molar-refractivity contribution in [1.82, 2.24) is 0 Å². The number of halogens is 1. The molecule has 2 rings (SSSR count). The summed E-state index contributed by atoms with van der Waals surface area (Å²) in [6.45, 7) is 2.91. The maximum Gasteiger partial charge on any atom is 0.137 e. The average Bonchev–Trinajstić information content (AvgIpc) is 2.45. The molecule has 3 heteroatoms. The summed E-state index contributed by atoms with van der Waals surface area (Å²) in [5.41, 5.74) is 3.63. The molecule has 0 bridgehead atoms. The van der Waals surface area contributed by atoms with Gasteiger partial charge in [-0.25, -0.2) is 0 Å². The lowest BCUT2D eigenvalue weighted by molar-refractivity contribution is 0.415. The van der Waals surface area contributed by atoms with Gasteiger partial charge in [-0.2, -0.15) is 0 Å². The van der Waals surface area contributed by atoms with Crippen molar-refractivity contribution in [2.24, 2.45) is 0 Å². The molecule has 2 aromatic rings. The minimum absolute atomic E-state index is 0.644. The molecule has 0 saturated carbocycles. The van der Waals surface area contributed by atoms with Crippen molar-refractivity contribution in [2.45, 2.75) is 19.9 Å². The Morgan fingerprint density at radius 2 is 1.95 bits per heavy atom. The van der Waals surface area contributed by atoms with Crippen LogP contribution in [-0.2, 0) is 13.0 Å². The van der Waals surface area contributed by atoms with Crippen molar-refractivity contribution in [3.05, 3.63) is 58.6 Å². The summed E-state index contributed by atoms with van der Waals surface area (Å²) in [6, 6.07) is 14.2. The Morgan fingerprint density at radius 3 is 2.63 bits per heavy atom. The van der Waals surface area contributed by atoms with E-state index >= 15 is 0 Å². The van der Waals surface area contributed by atoms with E-state index in [9.17, 15) is 0 Å². The van der Waals surface area contributed by atoms with E-state index in [4.69, 9.17) is 16.3 Å². The molecular weight excluding hydrogens is 258 g/mol. The number of rotatable bonds is 5. The third-order valence-corrected chi connectivity index (χ3v) is 3.39. The van der Waals surface area contributed by atoms with E-state index in [0.29, 0.717) is 10.8 Å². The van der Waals surface area contributed by atoms with Gasteiger partial charge < -0.3 is 10.1 Å². The van der Waals surface area contributed by atoms with E-state index in [2.05, 4.69) is 30.4 Å². The third kappa shape index (κ3) is 3.42. The Kier molecular flexibility index (Phi) is 4.69. The van der Waals surface area contributed by atoms with Crippen LogP contribution in [0.1, 0.15) is 18.1 Å². The van der Waals surface area contributed by atoms with Crippen molar-refractivity contribution in [3.8, 4) is 5.75 Å². The highest BCUT2D eigenvalue weighted by atomic mass is 35.5. The molecule has 0 saturated heterocycles. The van der Waals surface area contributed by atoms with Gasteiger partial charge in [-0.3, -0.25) is 0 Å². The van der Waals surface area contributed by atoms with E-state index in [-0.39, 0.29) is 0 Å². The molecule has 0 aliphatic heterocycles. The standard InChI is InChI=1S/C16H18ClNO/c1-3-13-6-4-5-7-15(13)18-11-12-8-9-16(19-2)14(17)10-12/h4-10,18H,3,11H2,1-2H3. The number of anilines is 1. The molecule has 19 heavy (non-hydrogen) atoms. The van der Waals surface area contributed by atoms with Gasteiger partial charge in [0.2, 0.25) is 0 Å². The topological polar surface area (TPSA) is 21.3 Å². The van der Waals surface area contributed by atoms with Crippen LogP contribution in [0, 0.1) is 0 Å². The lowest BCUT2D eigenvalue weighted by Gasteiger charge is -2.11. The summed E-state index contributed by atoms with van der Waals surface area (Å²) in [6.07, 6.45) is 1.02. The van der Waals surface area contributed by atoms with Crippen LogP contribution in [0.3, 0.4) is 0 Å². The summed E-state index contributed by atoms with van der Waals surface area (Å²) >= 11 is 6.12. The predicted molar refractivity (Wildman–Crippen MR) is 81.2 cm³/mol. The van der Waals surface area contributed by atoms with Crippen LogP contribution in [0.4, 0.5) is 5.69 Å². The van der Waals surface area contributed by atoms with Gasteiger partial charge in [0.05, 0.1) is 12.1 Å². The largest absolute Gasteiger partial charge is 0.495 e. The molecule has 0 fully saturated rings. The van der Waals surface area contributed by atoms with Crippen LogP contribution in [-0.4, -0.2) is 7.11 Å². The number of ether oxygens (including phenoxy) is 1. The summed E-state index contributed by atoms with van der Waals surface area (Å²) in [7, 11) is 1.62. The van der Waals surface area contributed by atoms with Gasteiger partial charge in [-0.1, -0.05) is 42.8 Å². The number of methoxy groups -OCH3 is 1. The third-order valence-electron chi connectivity index (χ3n) is 3.10. The Bertz CT molecular complexity index is 554. The van der Waals surface area contributed by atoms with Crippen molar-refractivity contribution >= 4 is 17.3 Å². The molecule has 0 unspecified atom stereocenters. The molecular formula is C16H18ClNO. The number of aryl methyl sites for hydroxylation is 1. The number of hydrogen-bond acceptors (Lipinski definition) is 2. The molecule has 0 amide bonds. The van der Waals surface area contributed by atoms with Crippen molar-refractivity contribution in [3.63, 3.8) is 0 Å². The zero-order valence-electron chi connectivity index (χ0n) is 11.2. The molecule has 0 atom stereocenters. The fourth-order valence-electron chi connectivity index (χ4n) is 2.02. The lowest BCUT2D eigenvalue weighted by atomic mass is 10.1. The zero-order valence-corrected chi connectivity index (χ0v) is 12.0. The first-order chi connectivity index (χ1) is 9.24. The SMILES string of the molecule is CCc1ccccc1NCc1ccc(OC)c(Cl)c1. The van der Waals surface area contributed by atoms with E-state index < -0.39 is 0 Å². The quantitative estimate of drug-likeness (QED) is 0.866. The second-order valence-electron chi connectivity index (χ2n) is 4.33. The number of nitrogens with one attached hydrogen (secondary N) is 1. The van der Waals surface area contributed by atoms with E-state index in [1.165, 1.54) is 11.3 Å². The van der Waals surface area contributed by atoms with Gasteiger partial charge in [-0.15, -0.1) is 0 Å². The van der Waals surface area contributed by atoms with Gasteiger partial charge in [0.25, 0.3) is 0 Å². The lowest BCUT2D eigenvalue weighted by Crippen LogP contribution is -2.02. The molecule has 1 N–H and O–H groups in total. The Labute approximate surface area is 119 Å². The first kappa shape index (κ1) is 13.8. The Morgan fingerprint density at radius 1 is 1.16 bits per heavy atom. The highest BCUT2D eigenvalue weighted by molar-refractivity contribution is 6.32. The van der Waals surface area contributed by atoms with Crippen LogP contribution in [0.15, 0.2) is 42.5 Å². The Balaban J connectivity index is 2.08. The molecule has 100 valence electrons. The van der Waals surface area contributed by atoms with Gasteiger partial charge in [0.1, 0.15) is 5.75 Å². The fraction of sp³-hybridized carbons (Fsp3) is 0.250. The van der Waals surface area contributed by atoms with Crippen LogP contribution < -0.4 is 10.1 Å². The van der Waals surface area contributed by atoms with Crippen LogP contribution in [0.25, 0.3) is 0 Å². The predicted octanol–water partition coefficient (Wildman–Crippen LogP) is 4.52. The van der Waals surface area contributed by atoms with Crippen LogP contribution in [0.5, 0.6) is 5.75 Å². The maximum atomic E-state index is 6.12. The minimum Gasteiger partial charge on any atom is -0.495 e. The molecule has 2 aromatic carbocycles. The van der Waals surface area contributed by atoms with Gasteiger partial charge in [0.15, 0.2) is 0 Å².